The zero-order valence-corrected chi connectivity index (χ0v) is 10.9. The number of nitrogens with two attached hydrogens (primary N) is 1. The van der Waals surface area contributed by atoms with Crippen LogP contribution in [0.15, 0.2) is 23.6 Å². The second-order valence-electron chi connectivity index (χ2n) is 4.92. The Morgan fingerprint density at radius 1 is 1.53 bits per heavy atom. The van der Waals surface area contributed by atoms with Gasteiger partial charge in [0.25, 0.3) is 0 Å². The second kappa shape index (κ2) is 5.26. The summed E-state index contributed by atoms with van der Waals surface area (Å²) < 4.78 is 0. The van der Waals surface area contributed by atoms with E-state index >= 15 is 0 Å². The minimum absolute atomic E-state index is 0.0101. The summed E-state index contributed by atoms with van der Waals surface area (Å²) in [6.07, 6.45) is 6.27. The van der Waals surface area contributed by atoms with Gasteiger partial charge in [-0.25, -0.2) is 0 Å². The lowest BCUT2D eigenvalue weighted by Gasteiger charge is -2.26. The van der Waals surface area contributed by atoms with Crippen molar-refractivity contribution in [2.24, 2.45) is 16.3 Å². The first kappa shape index (κ1) is 13.3. The van der Waals surface area contributed by atoms with Crippen molar-refractivity contribution in [3.63, 3.8) is 0 Å². The molecule has 1 saturated carbocycles. The number of aryl methyl sites for hydroxylation is 1. The number of carbonyl (C=O) groups is 1. The first-order valence-electron chi connectivity index (χ1n) is 6.30. The van der Waals surface area contributed by atoms with Crippen molar-refractivity contribution in [2.75, 3.05) is 5.32 Å². The molecule has 0 spiro atoms. The number of hydrogen-bond acceptors (Lipinski definition) is 4. The number of oxime groups is 1. The zero-order valence-electron chi connectivity index (χ0n) is 10.9. The van der Waals surface area contributed by atoms with Gasteiger partial charge in [-0.3, -0.25) is 9.78 Å². The van der Waals surface area contributed by atoms with Gasteiger partial charge in [-0.2, -0.15) is 0 Å². The van der Waals surface area contributed by atoms with Crippen LogP contribution in [0.5, 0.6) is 0 Å². The number of aromatic nitrogens is 1. The quantitative estimate of drug-likeness (QED) is 0.333. The minimum Gasteiger partial charge on any atom is -0.409 e. The topological polar surface area (TPSA) is 101 Å². The van der Waals surface area contributed by atoms with Gasteiger partial charge in [0.05, 0.1) is 11.9 Å². The first-order chi connectivity index (χ1) is 9.10. The maximum Gasteiger partial charge on any atom is 0.238 e. The van der Waals surface area contributed by atoms with E-state index in [1.807, 2.05) is 13.0 Å². The van der Waals surface area contributed by atoms with Gasteiger partial charge in [0.1, 0.15) is 5.41 Å². The third-order valence-corrected chi connectivity index (χ3v) is 3.78. The SMILES string of the molecule is Cc1ccncc1NC(=O)C1(C(N)=NO)CCCC1. The summed E-state index contributed by atoms with van der Waals surface area (Å²) in [6.45, 7) is 1.89. The van der Waals surface area contributed by atoms with Crippen LogP contribution in [0.3, 0.4) is 0 Å². The lowest BCUT2D eigenvalue weighted by atomic mass is 9.83. The van der Waals surface area contributed by atoms with Crippen molar-refractivity contribution >= 4 is 17.4 Å². The van der Waals surface area contributed by atoms with E-state index in [9.17, 15) is 4.79 Å². The molecule has 19 heavy (non-hydrogen) atoms. The van der Waals surface area contributed by atoms with Gasteiger partial charge < -0.3 is 16.3 Å². The zero-order chi connectivity index (χ0) is 13.9. The Balaban J connectivity index is 2.25. The molecule has 0 aliphatic heterocycles. The molecule has 1 aliphatic carbocycles. The molecule has 1 aromatic rings. The molecule has 0 atom stereocenters. The van der Waals surface area contributed by atoms with Gasteiger partial charge in [0.2, 0.25) is 5.91 Å². The van der Waals surface area contributed by atoms with Crippen molar-refractivity contribution in [3.8, 4) is 0 Å². The molecule has 0 saturated heterocycles. The Hall–Kier alpha value is -2.11. The van der Waals surface area contributed by atoms with Gasteiger partial charge in [-0.15, -0.1) is 0 Å². The number of rotatable bonds is 3. The average Bonchev–Trinajstić information content (AvgIpc) is 2.91. The summed E-state index contributed by atoms with van der Waals surface area (Å²) in [7, 11) is 0. The molecule has 4 N–H and O–H groups in total. The molecule has 1 aliphatic rings. The highest BCUT2D eigenvalue weighted by molar-refractivity contribution is 6.12. The number of nitrogens with zero attached hydrogens (tertiary/aromatic N) is 2. The largest absolute Gasteiger partial charge is 0.409 e. The van der Waals surface area contributed by atoms with E-state index in [1.54, 1.807) is 12.4 Å². The molecular formula is C13H18N4O2. The summed E-state index contributed by atoms with van der Waals surface area (Å²) in [5.74, 6) is -0.236. The van der Waals surface area contributed by atoms with Crippen LogP contribution in [0.25, 0.3) is 0 Å². The van der Waals surface area contributed by atoms with Crippen molar-refractivity contribution in [3.05, 3.63) is 24.0 Å². The number of pyridine rings is 1. The molecule has 102 valence electrons. The summed E-state index contributed by atoms with van der Waals surface area (Å²) >= 11 is 0. The van der Waals surface area contributed by atoms with E-state index in [2.05, 4.69) is 15.5 Å². The third kappa shape index (κ3) is 2.38. The maximum absolute atomic E-state index is 12.5. The number of amides is 1. The van der Waals surface area contributed by atoms with E-state index < -0.39 is 5.41 Å². The fourth-order valence-corrected chi connectivity index (χ4v) is 2.51. The second-order valence-corrected chi connectivity index (χ2v) is 4.92. The van der Waals surface area contributed by atoms with Crippen LogP contribution < -0.4 is 11.1 Å². The van der Waals surface area contributed by atoms with Gasteiger partial charge in [0, 0.05) is 6.20 Å². The number of anilines is 1. The molecule has 1 fully saturated rings. The Morgan fingerprint density at radius 2 is 2.21 bits per heavy atom. The molecule has 1 amide bonds. The average molecular weight is 262 g/mol. The molecule has 1 aromatic heterocycles. The Labute approximate surface area is 111 Å². The number of carbonyl (C=O) groups excluding carboxylic acids is 1. The smallest absolute Gasteiger partial charge is 0.238 e. The fraction of sp³-hybridized carbons (Fsp3) is 0.462. The van der Waals surface area contributed by atoms with Gasteiger partial charge >= 0.3 is 0 Å². The van der Waals surface area contributed by atoms with Crippen LogP contribution in [0.2, 0.25) is 0 Å². The van der Waals surface area contributed by atoms with E-state index in [-0.39, 0.29) is 11.7 Å². The molecule has 0 aromatic carbocycles. The standard InChI is InChI=1S/C13H18N4O2/c1-9-4-7-15-8-10(9)16-12(18)13(11(14)17-19)5-2-3-6-13/h4,7-8,19H,2-3,5-6H2,1H3,(H2,14,17)(H,16,18). The van der Waals surface area contributed by atoms with Crippen molar-refractivity contribution in [1.29, 1.82) is 0 Å². The first-order valence-corrected chi connectivity index (χ1v) is 6.30. The van der Waals surface area contributed by atoms with Crippen molar-refractivity contribution < 1.29 is 10.0 Å². The molecular weight excluding hydrogens is 244 g/mol. The molecule has 0 unspecified atom stereocenters. The number of hydrogen-bond donors (Lipinski definition) is 3. The van der Waals surface area contributed by atoms with Crippen LogP contribution in [0.4, 0.5) is 5.69 Å². The molecule has 0 bridgehead atoms. The van der Waals surface area contributed by atoms with E-state index in [4.69, 9.17) is 10.9 Å². The van der Waals surface area contributed by atoms with Crippen LogP contribution in [-0.2, 0) is 4.79 Å². The fourth-order valence-electron chi connectivity index (χ4n) is 2.51. The van der Waals surface area contributed by atoms with E-state index in [0.717, 1.165) is 18.4 Å². The van der Waals surface area contributed by atoms with Gasteiger partial charge in [0.15, 0.2) is 5.84 Å². The highest BCUT2D eigenvalue weighted by atomic mass is 16.4. The summed E-state index contributed by atoms with van der Waals surface area (Å²) in [4.78, 5) is 16.5. The Kier molecular flexibility index (Phi) is 3.69. The molecule has 1 heterocycles. The van der Waals surface area contributed by atoms with Crippen LogP contribution >= 0.6 is 0 Å². The number of nitrogens with one attached hydrogen (secondary N) is 1. The molecule has 2 rings (SSSR count). The predicted octanol–water partition coefficient (Wildman–Crippen LogP) is 1.64. The minimum atomic E-state index is -0.892. The van der Waals surface area contributed by atoms with Gasteiger partial charge in [-0.1, -0.05) is 18.0 Å². The lowest BCUT2D eigenvalue weighted by Crippen LogP contribution is -2.45. The summed E-state index contributed by atoms with van der Waals surface area (Å²) in [6, 6.07) is 1.82. The monoisotopic (exact) mass is 262 g/mol. The summed E-state index contributed by atoms with van der Waals surface area (Å²) in [5, 5.41) is 14.8. The van der Waals surface area contributed by atoms with Crippen LogP contribution in [0.1, 0.15) is 31.2 Å². The van der Waals surface area contributed by atoms with Crippen LogP contribution in [-0.4, -0.2) is 21.9 Å². The predicted molar refractivity (Wildman–Crippen MR) is 71.9 cm³/mol. The van der Waals surface area contributed by atoms with Crippen LogP contribution in [0, 0.1) is 12.3 Å². The van der Waals surface area contributed by atoms with Crippen molar-refractivity contribution in [2.45, 2.75) is 32.6 Å². The molecule has 6 heteroatoms. The Bertz CT molecular complexity index is 507. The highest BCUT2D eigenvalue weighted by Crippen LogP contribution is 2.39. The third-order valence-electron chi connectivity index (χ3n) is 3.78. The Morgan fingerprint density at radius 3 is 2.79 bits per heavy atom. The normalized spacial score (nSPS) is 18.3. The number of amidine groups is 1. The van der Waals surface area contributed by atoms with Gasteiger partial charge in [-0.05, 0) is 31.4 Å². The van der Waals surface area contributed by atoms with E-state index in [0.29, 0.717) is 18.5 Å². The molecule has 6 nitrogen and oxygen atoms in total. The summed E-state index contributed by atoms with van der Waals surface area (Å²) in [5.41, 5.74) is 6.42. The van der Waals surface area contributed by atoms with Crippen molar-refractivity contribution in [1.82, 2.24) is 4.98 Å². The highest BCUT2D eigenvalue weighted by Gasteiger charge is 2.45. The maximum atomic E-state index is 12.5. The molecule has 0 radical (unpaired) electrons. The lowest BCUT2D eigenvalue weighted by molar-refractivity contribution is -0.122. The van der Waals surface area contributed by atoms with E-state index in [1.165, 1.54) is 0 Å².